The first-order valence-electron chi connectivity index (χ1n) is 5.29. The van der Waals surface area contributed by atoms with E-state index in [2.05, 4.69) is 10.6 Å². The molecule has 14 heavy (non-hydrogen) atoms. The minimum absolute atomic E-state index is 0.146. The topological polar surface area (TPSA) is 58.2 Å². The molecule has 4 heteroatoms. The number of hydrogen-bond acceptors (Lipinski definition) is 2. The van der Waals surface area contributed by atoms with Crippen LogP contribution in [0.2, 0.25) is 0 Å². The molecule has 2 heterocycles. The summed E-state index contributed by atoms with van der Waals surface area (Å²) in [6, 6.07) is 0. The molecule has 0 saturated carbocycles. The van der Waals surface area contributed by atoms with Crippen LogP contribution in [0.15, 0.2) is 0 Å². The van der Waals surface area contributed by atoms with E-state index in [0.29, 0.717) is 24.7 Å². The van der Waals surface area contributed by atoms with Crippen molar-refractivity contribution in [3.63, 3.8) is 0 Å². The van der Waals surface area contributed by atoms with Crippen LogP contribution in [-0.2, 0) is 9.59 Å². The summed E-state index contributed by atoms with van der Waals surface area (Å²) in [6.07, 6.45) is 3.28. The zero-order valence-electron chi connectivity index (χ0n) is 8.21. The summed E-state index contributed by atoms with van der Waals surface area (Å²) in [4.78, 5) is 22.4. The van der Waals surface area contributed by atoms with Crippen LogP contribution >= 0.6 is 0 Å². The van der Waals surface area contributed by atoms with Gasteiger partial charge in [-0.1, -0.05) is 0 Å². The normalized spacial score (nSPS) is 33.4. The van der Waals surface area contributed by atoms with Gasteiger partial charge in [-0.05, 0) is 24.7 Å². The fourth-order valence-corrected chi connectivity index (χ4v) is 2.42. The average molecular weight is 196 g/mol. The summed E-state index contributed by atoms with van der Waals surface area (Å²) in [5, 5.41) is 5.65. The number of rotatable bonds is 1. The van der Waals surface area contributed by atoms with E-state index in [1.165, 1.54) is 0 Å². The Morgan fingerprint density at radius 2 is 1.29 bits per heavy atom. The van der Waals surface area contributed by atoms with E-state index in [9.17, 15) is 9.59 Å². The lowest BCUT2D eigenvalue weighted by Crippen LogP contribution is -2.41. The van der Waals surface area contributed by atoms with Gasteiger partial charge in [0.2, 0.25) is 11.8 Å². The monoisotopic (exact) mass is 196 g/mol. The Balaban J connectivity index is 1.92. The van der Waals surface area contributed by atoms with Gasteiger partial charge in [0, 0.05) is 25.9 Å². The molecular weight excluding hydrogens is 180 g/mol. The maximum Gasteiger partial charge on any atom is 0.220 e. The van der Waals surface area contributed by atoms with Crippen molar-refractivity contribution in [3.05, 3.63) is 0 Å². The molecule has 2 unspecified atom stereocenters. The lowest BCUT2D eigenvalue weighted by Gasteiger charge is -2.32. The Morgan fingerprint density at radius 1 is 0.857 bits per heavy atom. The first-order chi connectivity index (χ1) is 6.75. The van der Waals surface area contributed by atoms with Crippen molar-refractivity contribution in [2.24, 2.45) is 11.8 Å². The maximum atomic E-state index is 11.2. The summed E-state index contributed by atoms with van der Waals surface area (Å²) in [7, 11) is 0. The molecule has 0 aromatic carbocycles. The predicted molar refractivity (Wildman–Crippen MR) is 51.5 cm³/mol. The van der Waals surface area contributed by atoms with E-state index in [0.717, 1.165) is 25.9 Å². The van der Waals surface area contributed by atoms with Crippen LogP contribution in [0.25, 0.3) is 0 Å². The summed E-state index contributed by atoms with van der Waals surface area (Å²) in [6.45, 7) is 1.56. The first kappa shape index (κ1) is 9.49. The molecule has 2 N–H and O–H groups in total. The highest BCUT2D eigenvalue weighted by atomic mass is 16.2. The Labute approximate surface area is 83.4 Å². The molecule has 0 aromatic rings. The number of carbonyl (C=O) groups is 2. The van der Waals surface area contributed by atoms with Crippen molar-refractivity contribution in [1.82, 2.24) is 10.6 Å². The molecule has 0 aliphatic carbocycles. The van der Waals surface area contributed by atoms with E-state index in [4.69, 9.17) is 0 Å². The summed E-state index contributed by atoms with van der Waals surface area (Å²) < 4.78 is 0. The Morgan fingerprint density at radius 3 is 1.64 bits per heavy atom. The van der Waals surface area contributed by atoms with Crippen LogP contribution in [0.1, 0.15) is 25.7 Å². The van der Waals surface area contributed by atoms with Crippen molar-refractivity contribution in [2.75, 3.05) is 13.1 Å². The van der Waals surface area contributed by atoms with Crippen molar-refractivity contribution >= 4 is 11.8 Å². The fraction of sp³-hybridized carbons (Fsp3) is 0.800. The molecule has 2 atom stereocenters. The van der Waals surface area contributed by atoms with Gasteiger partial charge in [-0.2, -0.15) is 0 Å². The zero-order chi connectivity index (χ0) is 9.97. The largest absolute Gasteiger partial charge is 0.356 e. The Bertz CT molecular complexity index is 227. The number of amides is 2. The highest BCUT2D eigenvalue weighted by Gasteiger charge is 2.30. The third-order valence-corrected chi connectivity index (χ3v) is 3.24. The van der Waals surface area contributed by atoms with Gasteiger partial charge in [-0.15, -0.1) is 0 Å². The van der Waals surface area contributed by atoms with Gasteiger partial charge in [0.1, 0.15) is 0 Å². The fourth-order valence-electron chi connectivity index (χ4n) is 2.42. The van der Waals surface area contributed by atoms with Crippen LogP contribution < -0.4 is 10.6 Å². The van der Waals surface area contributed by atoms with Crippen molar-refractivity contribution < 1.29 is 9.59 Å². The van der Waals surface area contributed by atoms with Gasteiger partial charge < -0.3 is 10.6 Å². The second-order valence-corrected chi connectivity index (χ2v) is 4.21. The van der Waals surface area contributed by atoms with Crippen LogP contribution in [-0.4, -0.2) is 24.9 Å². The molecule has 0 aromatic heterocycles. The molecule has 2 fully saturated rings. The first-order valence-corrected chi connectivity index (χ1v) is 5.29. The Kier molecular flexibility index (Phi) is 2.70. The van der Waals surface area contributed by atoms with E-state index < -0.39 is 0 Å². The average Bonchev–Trinajstić information content (AvgIpc) is 2.18. The van der Waals surface area contributed by atoms with E-state index in [1.54, 1.807) is 0 Å². The molecule has 0 bridgehead atoms. The summed E-state index contributed by atoms with van der Waals surface area (Å²) in [5.74, 6) is 1.14. The van der Waals surface area contributed by atoms with Crippen molar-refractivity contribution in [3.8, 4) is 0 Å². The molecule has 4 nitrogen and oxygen atoms in total. The second-order valence-electron chi connectivity index (χ2n) is 4.21. The molecular formula is C10H16N2O2. The molecule has 78 valence electrons. The van der Waals surface area contributed by atoms with Gasteiger partial charge in [0.25, 0.3) is 0 Å². The second kappa shape index (κ2) is 3.98. The van der Waals surface area contributed by atoms with Crippen LogP contribution in [0.5, 0.6) is 0 Å². The number of carbonyl (C=O) groups excluding carboxylic acids is 2. The van der Waals surface area contributed by atoms with Crippen LogP contribution in [0.4, 0.5) is 0 Å². The lowest BCUT2D eigenvalue weighted by molar-refractivity contribution is -0.128. The zero-order valence-corrected chi connectivity index (χ0v) is 8.21. The molecule has 0 radical (unpaired) electrons. The van der Waals surface area contributed by atoms with Gasteiger partial charge in [0.15, 0.2) is 0 Å². The highest BCUT2D eigenvalue weighted by molar-refractivity contribution is 5.78. The van der Waals surface area contributed by atoms with Gasteiger partial charge >= 0.3 is 0 Å². The Hall–Kier alpha value is -1.06. The van der Waals surface area contributed by atoms with Crippen LogP contribution in [0.3, 0.4) is 0 Å². The maximum absolute atomic E-state index is 11.2. The number of piperidine rings is 2. The lowest BCUT2D eigenvalue weighted by atomic mass is 9.79. The standard InChI is InChI=1S/C10H16N2O2/c13-9-5-7(1-3-11-9)8-2-4-12-10(14)6-8/h7-8H,1-6H2,(H,11,13)(H,12,14). The molecule has 2 rings (SSSR count). The minimum Gasteiger partial charge on any atom is -0.356 e. The minimum atomic E-state index is 0.146. The third kappa shape index (κ3) is 2.05. The molecule has 2 saturated heterocycles. The smallest absolute Gasteiger partial charge is 0.220 e. The van der Waals surface area contributed by atoms with Gasteiger partial charge in [-0.3, -0.25) is 9.59 Å². The number of nitrogens with one attached hydrogen (secondary N) is 2. The molecule has 0 spiro atoms. The number of hydrogen-bond donors (Lipinski definition) is 2. The van der Waals surface area contributed by atoms with Crippen molar-refractivity contribution in [1.29, 1.82) is 0 Å². The van der Waals surface area contributed by atoms with E-state index >= 15 is 0 Å². The summed E-state index contributed by atoms with van der Waals surface area (Å²) in [5.41, 5.74) is 0. The van der Waals surface area contributed by atoms with Gasteiger partial charge in [-0.25, -0.2) is 0 Å². The quantitative estimate of drug-likeness (QED) is 0.622. The summed E-state index contributed by atoms with van der Waals surface area (Å²) >= 11 is 0. The predicted octanol–water partition coefficient (Wildman–Crippen LogP) is 0.0388. The molecule has 2 aliphatic heterocycles. The van der Waals surface area contributed by atoms with E-state index in [1.807, 2.05) is 0 Å². The third-order valence-electron chi connectivity index (χ3n) is 3.24. The molecule has 2 amide bonds. The van der Waals surface area contributed by atoms with E-state index in [-0.39, 0.29) is 11.8 Å². The highest BCUT2D eigenvalue weighted by Crippen LogP contribution is 2.29. The van der Waals surface area contributed by atoms with Crippen molar-refractivity contribution in [2.45, 2.75) is 25.7 Å². The molecule has 2 aliphatic rings. The van der Waals surface area contributed by atoms with Gasteiger partial charge in [0.05, 0.1) is 0 Å². The SMILES string of the molecule is O=C1CC(C2CCNC(=O)C2)CCN1. The van der Waals surface area contributed by atoms with Crippen LogP contribution in [0, 0.1) is 11.8 Å².